The van der Waals surface area contributed by atoms with Crippen molar-refractivity contribution < 1.29 is 9.47 Å². The number of nitrogens with one attached hydrogen (secondary N) is 2. The molecule has 0 saturated heterocycles. The first-order valence-corrected chi connectivity index (χ1v) is 7.92. The van der Waals surface area contributed by atoms with Gasteiger partial charge in [-0.25, -0.2) is 4.98 Å². The van der Waals surface area contributed by atoms with E-state index >= 15 is 0 Å². The molecular weight excluding hydrogens is 445 g/mol. The lowest BCUT2D eigenvalue weighted by Crippen LogP contribution is -2.23. The van der Waals surface area contributed by atoms with Crippen LogP contribution in [0.15, 0.2) is 47.5 Å². The molecule has 0 aliphatic carbocycles. The summed E-state index contributed by atoms with van der Waals surface area (Å²) in [4.78, 5) is 12.1. The Morgan fingerprint density at radius 1 is 1.19 bits per heavy atom. The van der Waals surface area contributed by atoms with Gasteiger partial charge in [0, 0.05) is 19.0 Å². The average molecular weight is 467 g/mol. The molecule has 3 aromatic rings. The lowest BCUT2D eigenvalue weighted by atomic mass is 10.2. The SMILES string of the molecule is COc1ccc(OC)c(NC(N)=NCCc2nc3ccccc3[nH]2)c1.I. The van der Waals surface area contributed by atoms with Crippen LogP contribution in [0.5, 0.6) is 11.5 Å². The number of hydrogen-bond donors (Lipinski definition) is 3. The van der Waals surface area contributed by atoms with E-state index in [1.54, 1.807) is 20.3 Å². The Morgan fingerprint density at radius 2 is 2.00 bits per heavy atom. The molecule has 0 unspecified atom stereocenters. The first-order chi connectivity index (χ1) is 12.2. The second-order valence-electron chi connectivity index (χ2n) is 5.41. The highest BCUT2D eigenvalue weighted by molar-refractivity contribution is 14.0. The molecule has 0 bridgehead atoms. The quantitative estimate of drug-likeness (QED) is 0.294. The number of aliphatic imine (C=N–C) groups is 1. The number of rotatable bonds is 6. The molecule has 0 aliphatic rings. The Morgan fingerprint density at radius 3 is 2.73 bits per heavy atom. The predicted molar refractivity (Wildman–Crippen MR) is 115 cm³/mol. The Labute approximate surface area is 169 Å². The summed E-state index contributed by atoms with van der Waals surface area (Å²) >= 11 is 0. The predicted octanol–water partition coefficient (Wildman–Crippen LogP) is 3.17. The van der Waals surface area contributed by atoms with Gasteiger partial charge in [-0.05, 0) is 24.3 Å². The standard InChI is InChI=1S/C18H21N5O2.HI/c1-24-12-7-8-16(25-2)15(11-12)23-18(19)20-10-9-17-21-13-5-3-4-6-14(13)22-17;/h3-8,11H,9-10H2,1-2H3,(H,21,22)(H3,19,20,23);1H. The summed E-state index contributed by atoms with van der Waals surface area (Å²) in [6, 6.07) is 13.4. The van der Waals surface area contributed by atoms with E-state index in [1.165, 1.54) is 0 Å². The van der Waals surface area contributed by atoms with Gasteiger partial charge < -0.3 is 25.5 Å². The number of H-pyrrole nitrogens is 1. The fourth-order valence-corrected chi connectivity index (χ4v) is 2.50. The van der Waals surface area contributed by atoms with Crippen LogP contribution >= 0.6 is 24.0 Å². The number of aromatic nitrogens is 2. The Balaban J connectivity index is 0.00000243. The molecule has 0 aliphatic heterocycles. The molecule has 8 heteroatoms. The van der Waals surface area contributed by atoms with E-state index in [0.717, 1.165) is 16.9 Å². The number of methoxy groups -OCH3 is 2. The van der Waals surface area contributed by atoms with Gasteiger partial charge in [0.15, 0.2) is 5.96 Å². The molecule has 0 amide bonds. The van der Waals surface area contributed by atoms with E-state index in [2.05, 4.69) is 20.3 Å². The minimum absolute atomic E-state index is 0. The van der Waals surface area contributed by atoms with Gasteiger partial charge in [0.05, 0.1) is 30.9 Å². The average Bonchev–Trinajstić information content (AvgIpc) is 3.04. The van der Waals surface area contributed by atoms with Crippen molar-refractivity contribution >= 4 is 46.7 Å². The smallest absolute Gasteiger partial charge is 0.193 e. The minimum atomic E-state index is 0. The fraction of sp³-hybridized carbons (Fsp3) is 0.222. The number of anilines is 1. The maximum Gasteiger partial charge on any atom is 0.193 e. The number of benzene rings is 2. The van der Waals surface area contributed by atoms with Crippen molar-refractivity contribution in [3.05, 3.63) is 48.3 Å². The molecule has 7 nitrogen and oxygen atoms in total. The number of aromatic amines is 1. The van der Waals surface area contributed by atoms with Crippen molar-refractivity contribution in [1.82, 2.24) is 9.97 Å². The van der Waals surface area contributed by atoms with Crippen molar-refractivity contribution in [3.8, 4) is 11.5 Å². The van der Waals surface area contributed by atoms with Crippen molar-refractivity contribution in [2.75, 3.05) is 26.1 Å². The van der Waals surface area contributed by atoms with Gasteiger partial charge in [-0.3, -0.25) is 4.99 Å². The maximum atomic E-state index is 5.97. The van der Waals surface area contributed by atoms with E-state index in [1.807, 2.05) is 36.4 Å². The summed E-state index contributed by atoms with van der Waals surface area (Å²) in [5, 5.41) is 3.04. The van der Waals surface area contributed by atoms with Crippen LogP contribution in [0.1, 0.15) is 5.82 Å². The summed E-state index contributed by atoms with van der Waals surface area (Å²) in [6.07, 6.45) is 0.673. The molecule has 0 fully saturated rings. The van der Waals surface area contributed by atoms with Crippen molar-refractivity contribution in [2.24, 2.45) is 10.7 Å². The molecule has 0 saturated carbocycles. The van der Waals surface area contributed by atoms with E-state index < -0.39 is 0 Å². The molecule has 0 spiro atoms. The Kier molecular flexibility index (Phi) is 7.07. The van der Waals surface area contributed by atoms with Gasteiger partial charge in [-0.1, -0.05) is 12.1 Å². The van der Waals surface area contributed by atoms with Crippen LogP contribution in [0.4, 0.5) is 5.69 Å². The van der Waals surface area contributed by atoms with E-state index in [0.29, 0.717) is 36.1 Å². The molecule has 26 heavy (non-hydrogen) atoms. The van der Waals surface area contributed by atoms with E-state index in [-0.39, 0.29) is 24.0 Å². The van der Waals surface area contributed by atoms with Gasteiger partial charge in [-0.15, -0.1) is 24.0 Å². The molecular formula is C18H22IN5O2. The highest BCUT2D eigenvalue weighted by Crippen LogP contribution is 2.28. The first kappa shape index (κ1) is 19.8. The number of hydrogen-bond acceptors (Lipinski definition) is 4. The van der Waals surface area contributed by atoms with Crippen molar-refractivity contribution in [3.63, 3.8) is 0 Å². The summed E-state index contributed by atoms with van der Waals surface area (Å²) in [6.45, 7) is 0.519. The number of nitrogens with zero attached hydrogens (tertiary/aromatic N) is 2. The van der Waals surface area contributed by atoms with Gasteiger partial charge in [-0.2, -0.15) is 0 Å². The third kappa shape index (κ3) is 4.78. The summed E-state index contributed by atoms with van der Waals surface area (Å²) < 4.78 is 10.5. The third-order valence-electron chi connectivity index (χ3n) is 3.74. The van der Waals surface area contributed by atoms with Crippen LogP contribution in [-0.2, 0) is 6.42 Å². The molecule has 138 valence electrons. The molecule has 2 aromatic carbocycles. The Hall–Kier alpha value is -2.49. The zero-order chi connectivity index (χ0) is 17.6. The lowest BCUT2D eigenvalue weighted by molar-refractivity contribution is 0.405. The number of ether oxygens (including phenoxy) is 2. The molecule has 3 rings (SSSR count). The van der Waals surface area contributed by atoms with Crippen molar-refractivity contribution in [2.45, 2.75) is 6.42 Å². The minimum Gasteiger partial charge on any atom is -0.497 e. The monoisotopic (exact) mass is 467 g/mol. The normalized spacial score (nSPS) is 11.1. The zero-order valence-electron chi connectivity index (χ0n) is 14.7. The number of halogens is 1. The summed E-state index contributed by atoms with van der Waals surface area (Å²) in [7, 11) is 3.21. The van der Waals surface area contributed by atoms with Crippen LogP contribution in [0, 0.1) is 0 Å². The van der Waals surface area contributed by atoms with Crippen LogP contribution in [-0.4, -0.2) is 36.7 Å². The third-order valence-corrected chi connectivity index (χ3v) is 3.74. The summed E-state index contributed by atoms with van der Waals surface area (Å²) in [5.74, 6) is 2.56. The molecule has 1 aromatic heterocycles. The largest absolute Gasteiger partial charge is 0.497 e. The van der Waals surface area contributed by atoms with Gasteiger partial charge in [0.1, 0.15) is 17.3 Å². The van der Waals surface area contributed by atoms with E-state index in [9.17, 15) is 0 Å². The van der Waals surface area contributed by atoms with Gasteiger partial charge >= 0.3 is 0 Å². The Bertz CT molecular complexity index is 861. The van der Waals surface area contributed by atoms with Gasteiger partial charge in [0.25, 0.3) is 0 Å². The highest BCUT2D eigenvalue weighted by Gasteiger charge is 2.06. The van der Waals surface area contributed by atoms with Crippen LogP contribution in [0.2, 0.25) is 0 Å². The molecule has 0 atom stereocenters. The fourth-order valence-electron chi connectivity index (χ4n) is 2.50. The number of para-hydroxylation sites is 2. The zero-order valence-corrected chi connectivity index (χ0v) is 17.0. The summed E-state index contributed by atoms with van der Waals surface area (Å²) in [5.41, 5.74) is 8.65. The van der Waals surface area contributed by atoms with Crippen LogP contribution < -0.4 is 20.5 Å². The number of guanidine groups is 1. The second-order valence-corrected chi connectivity index (χ2v) is 5.41. The highest BCUT2D eigenvalue weighted by atomic mass is 127. The molecule has 0 radical (unpaired) electrons. The lowest BCUT2D eigenvalue weighted by Gasteiger charge is -2.12. The molecule has 1 heterocycles. The number of fused-ring (bicyclic) bond motifs is 1. The van der Waals surface area contributed by atoms with Crippen molar-refractivity contribution in [1.29, 1.82) is 0 Å². The number of nitrogens with two attached hydrogens (primary N) is 1. The maximum absolute atomic E-state index is 5.97. The molecule has 4 N–H and O–H groups in total. The number of imidazole rings is 1. The van der Waals surface area contributed by atoms with Crippen LogP contribution in [0.25, 0.3) is 11.0 Å². The van der Waals surface area contributed by atoms with E-state index in [4.69, 9.17) is 15.2 Å². The first-order valence-electron chi connectivity index (χ1n) is 7.92. The topological polar surface area (TPSA) is 97.6 Å². The van der Waals surface area contributed by atoms with Crippen LogP contribution in [0.3, 0.4) is 0 Å². The second kappa shape index (κ2) is 9.27. The van der Waals surface area contributed by atoms with Gasteiger partial charge in [0.2, 0.25) is 0 Å².